The van der Waals surface area contributed by atoms with Gasteiger partial charge < -0.3 is 4.42 Å². The van der Waals surface area contributed by atoms with Crippen molar-refractivity contribution in [2.45, 2.75) is 37.6 Å². The van der Waals surface area contributed by atoms with Crippen molar-refractivity contribution in [3.63, 3.8) is 0 Å². The SMILES string of the molecule is CC(C)(C)c1ccc(S(=O)(=O)NCCn2nc(-c3ccco3)ccc2=O)cc1. The lowest BCUT2D eigenvalue weighted by Crippen LogP contribution is -2.32. The van der Waals surface area contributed by atoms with Crippen LogP contribution in [0.2, 0.25) is 0 Å². The van der Waals surface area contributed by atoms with Crippen LogP contribution in [0.5, 0.6) is 0 Å². The molecule has 3 rings (SSSR count). The molecule has 28 heavy (non-hydrogen) atoms. The van der Waals surface area contributed by atoms with E-state index in [1.165, 1.54) is 17.0 Å². The number of furan rings is 1. The molecule has 1 aromatic carbocycles. The lowest BCUT2D eigenvalue weighted by molar-refractivity contribution is 0.539. The van der Waals surface area contributed by atoms with Crippen LogP contribution in [0.25, 0.3) is 11.5 Å². The van der Waals surface area contributed by atoms with Crippen LogP contribution in [0.3, 0.4) is 0 Å². The van der Waals surface area contributed by atoms with Crippen molar-refractivity contribution in [3.05, 3.63) is 70.7 Å². The fourth-order valence-corrected chi connectivity index (χ4v) is 3.69. The lowest BCUT2D eigenvalue weighted by atomic mass is 9.87. The van der Waals surface area contributed by atoms with Crippen molar-refractivity contribution >= 4 is 10.0 Å². The number of benzene rings is 1. The van der Waals surface area contributed by atoms with E-state index >= 15 is 0 Å². The minimum atomic E-state index is -3.67. The Morgan fingerprint density at radius 3 is 2.39 bits per heavy atom. The third-order valence-electron chi connectivity index (χ3n) is 4.29. The van der Waals surface area contributed by atoms with Gasteiger partial charge in [0.1, 0.15) is 5.69 Å². The van der Waals surface area contributed by atoms with E-state index in [9.17, 15) is 13.2 Å². The summed E-state index contributed by atoms with van der Waals surface area (Å²) in [7, 11) is -3.67. The zero-order valence-electron chi connectivity index (χ0n) is 16.0. The number of rotatable bonds is 6. The minimum absolute atomic E-state index is 0.0396. The van der Waals surface area contributed by atoms with Gasteiger partial charge >= 0.3 is 0 Å². The standard InChI is InChI=1S/C20H23N3O4S/c1-20(2,3)15-6-8-16(9-7-15)28(25,26)21-12-13-23-19(24)11-10-17(22-23)18-5-4-14-27-18/h4-11,14,21H,12-13H2,1-3H3. The molecule has 148 valence electrons. The second kappa shape index (κ2) is 7.73. The summed E-state index contributed by atoms with van der Waals surface area (Å²) in [5.41, 5.74) is 1.19. The van der Waals surface area contributed by atoms with E-state index in [-0.39, 0.29) is 29.0 Å². The Labute approximate surface area is 164 Å². The predicted octanol–water partition coefficient (Wildman–Crippen LogP) is 2.78. The predicted molar refractivity (Wildman–Crippen MR) is 107 cm³/mol. The van der Waals surface area contributed by atoms with Gasteiger partial charge in [0.2, 0.25) is 10.0 Å². The highest BCUT2D eigenvalue weighted by Gasteiger charge is 2.17. The fraction of sp³-hybridized carbons (Fsp3) is 0.300. The lowest BCUT2D eigenvalue weighted by Gasteiger charge is -2.19. The first-order valence-corrected chi connectivity index (χ1v) is 10.4. The molecule has 0 saturated carbocycles. The molecule has 2 aromatic heterocycles. The van der Waals surface area contributed by atoms with Crippen LogP contribution in [0.1, 0.15) is 26.3 Å². The van der Waals surface area contributed by atoms with E-state index in [0.717, 1.165) is 5.56 Å². The van der Waals surface area contributed by atoms with Gasteiger partial charge in [-0.3, -0.25) is 4.79 Å². The number of hydrogen-bond donors (Lipinski definition) is 1. The number of nitrogens with zero attached hydrogens (tertiary/aromatic N) is 2. The van der Waals surface area contributed by atoms with Crippen molar-refractivity contribution in [2.75, 3.05) is 6.54 Å². The molecule has 0 spiro atoms. The van der Waals surface area contributed by atoms with Crippen LogP contribution in [-0.4, -0.2) is 24.7 Å². The molecule has 3 aromatic rings. The topological polar surface area (TPSA) is 94.2 Å². The minimum Gasteiger partial charge on any atom is -0.463 e. The van der Waals surface area contributed by atoms with E-state index in [1.54, 1.807) is 30.3 Å². The van der Waals surface area contributed by atoms with Gasteiger partial charge in [0.25, 0.3) is 5.56 Å². The van der Waals surface area contributed by atoms with Crippen LogP contribution in [0.15, 0.2) is 68.9 Å². The van der Waals surface area contributed by atoms with E-state index in [4.69, 9.17) is 4.42 Å². The summed E-state index contributed by atoms with van der Waals surface area (Å²) >= 11 is 0. The van der Waals surface area contributed by atoms with Gasteiger partial charge in [-0.2, -0.15) is 5.10 Å². The summed E-state index contributed by atoms with van der Waals surface area (Å²) in [6.45, 7) is 6.34. The molecule has 1 N–H and O–H groups in total. The second-order valence-corrected chi connectivity index (χ2v) is 9.20. The molecule has 0 atom stereocenters. The van der Waals surface area contributed by atoms with Crippen molar-refractivity contribution in [1.29, 1.82) is 0 Å². The first-order chi connectivity index (χ1) is 13.2. The molecular formula is C20H23N3O4S. The highest BCUT2D eigenvalue weighted by molar-refractivity contribution is 7.89. The van der Waals surface area contributed by atoms with Gasteiger partial charge in [0.05, 0.1) is 17.7 Å². The third kappa shape index (κ3) is 4.58. The second-order valence-electron chi connectivity index (χ2n) is 7.43. The molecular weight excluding hydrogens is 378 g/mol. The molecule has 0 amide bonds. The fourth-order valence-electron chi connectivity index (χ4n) is 2.67. The third-order valence-corrected chi connectivity index (χ3v) is 5.76. The van der Waals surface area contributed by atoms with E-state index in [1.807, 2.05) is 12.1 Å². The molecule has 0 fully saturated rings. The zero-order chi connectivity index (χ0) is 20.4. The largest absolute Gasteiger partial charge is 0.463 e. The van der Waals surface area contributed by atoms with Gasteiger partial charge in [-0.15, -0.1) is 0 Å². The maximum absolute atomic E-state index is 12.5. The number of sulfonamides is 1. The number of hydrogen-bond acceptors (Lipinski definition) is 5. The smallest absolute Gasteiger partial charge is 0.266 e. The molecule has 0 unspecified atom stereocenters. The normalized spacial score (nSPS) is 12.2. The average Bonchev–Trinajstić information content (AvgIpc) is 3.17. The van der Waals surface area contributed by atoms with Crippen LogP contribution < -0.4 is 10.3 Å². The Balaban J connectivity index is 1.69. The van der Waals surface area contributed by atoms with Crippen molar-refractivity contribution in [3.8, 4) is 11.5 Å². The van der Waals surface area contributed by atoms with Gasteiger partial charge in [0, 0.05) is 12.6 Å². The number of nitrogens with one attached hydrogen (secondary N) is 1. The van der Waals surface area contributed by atoms with Gasteiger partial charge in [-0.25, -0.2) is 17.8 Å². The van der Waals surface area contributed by atoms with Crippen molar-refractivity contribution < 1.29 is 12.8 Å². The van der Waals surface area contributed by atoms with Crippen molar-refractivity contribution in [2.24, 2.45) is 0 Å². The summed E-state index contributed by atoms with van der Waals surface area (Å²) in [6.07, 6.45) is 1.52. The molecule has 0 aliphatic carbocycles. The molecule has 0 radical (unpaired) electrons. The Hall–Kier alpha value is -2.71. The molecule has 0 aliphatic rings. The zero-order valence-corrected chi connectivity index (χ0v) is 16.9. The summed E-state index contributed by atoms with van der Waals surface area (Å²) in [4.78, 5) is 12.2. The highest BCUT2D eigenvalue weighted by atomic mass is 32.2. The van der Waals surface area contributed by atoms with E-state index in [0.29, 0.717) is 11.5 Å². The molecule has 2 heterocycles. The van der Waals surface area contributed by atoms with Crippen LogP contribution in [0.4, 0.5) is 0 Å². The van der Waals surface area contributed by atoms with Gasteiger partial charge in [-0.05, 0) is 41.3 Å². The first-order valence-electron chi connectivity index (χ1n) is 8.89. The Morgan fingerprint density at radius 2 is 1.79 bits per heavy atom. The maximum Gasteiger partial charge on any atom is 0.266 e. The Morgan fingerprint density at radius 1 is 1.07 bits per heavy atom. The first kappa shape index (κ1) is 20.0. The van der Waals surface area contributed by atoms with Crippen LogP contribution >= 0.6 is 0 Å². The molecule has 0 saturated heterocycles. The van der Waals surface area contributed by atoms with Gasteiger partial charge in [0.15, 0.2) is 5.76 Å². The van der Waals surface area contributed by atoms with E-state index in [2.05, 4.69) is 30.6 Å². The summed E-state index contributed by atoms with van der Waals surface area (Å²) in [6, 6.07) is 13.2. The molecule has 8 heteroatoms. The monoisotopic (exact) mass is 401 g/mol. The van der Waals surface area contributed by atoms with E-state index < -0.39 is 10.0 Å². The quantitative estimate of drug-likeness (QED) is 0.685. The average molecular weight is 401 g/mol. The van der Waals surface area contributed by atoms with Crippen molar-refractivity contribution in [1.82, 2.24) is 14.5 Å². The van der Waals surface area contributed by atoms with Gasteiger partial charge in [-0.1, -0.05) is 32.9 Å². The maximum atomic E-state index is 12.5. The Bertz CT molecular complexity index is 1090. The molecule has 7 nitrogen and oxygen atoms in total. The Kier molecular flexibility index (Phi) is 5.53. The summed E-state index contributed by atoms with van der Waals surface area (Å²) < 4.78 is 34.0. The number of aromatic nitrogens is 2. The summed E-state index contributed by atoms with van der Waals surface area (Å²) in [5, 5.41) is 4.22. The summed E-state index contributed by atoms with van der Waals surface area (Å²) in [5.74, 6) is 0.535. The van der Waals surface area contributed by atoms with Crippen LogP contribution in [0, 0.1) is 0 Å². The highest BCUT2D eigenvalue weighted by Crippen LogP contribution is 2.23. The molecule has 0 aliphatic heterocycles. The van der Waals surface area contributed by atoms with Crippen LogP contribution in [-0.2, 0) is 22.0 Å². The molecule has 0 bridgehead atoms.